The van der Waals surface area contributed by atoms with Gasteiger partial charge in [-0.2, -0.15) is 5.10 Å². The Labute approximate surface area is 118 Å². The van der Waals surface area contributed by atoms with Crippen LogP contribution in [0.25, 0.3) is 5.69 Å². The van der Waals surface area contributed by atoms with Crippen molar-refractivity contribution < 1.29 is 9.90 Å². The van der Waals surface area contributed by atoms with Crippen molar-refractivity contribution in [1.82, 2.24) is 9.78 Å². The molecule has 4 nitrogen and oxygen atoms in total. The zero-order valence-electron chi connectivity index (χ0n) is 11.8. The maximum Gasteiger partial charge on any atom is 0.309 e. The first-order valence-corrected chi connectivity index (χ1v) is 6.93. The molecule has 1 aliphatic rings. The lowest BCUT2D eigenvalue weighted by molar-refractivity contribution is -0.136. The number of carboxylic acid groups (broad SMARTS) is 1. The Kier molecular flexibility index (Phi) is 3.08. The summed E-state index contributed by atoms with van der Waals surface area (Å²) in [6.07, 6.45) is 2.32. The number of hydrogen-bond acceptors (Lipinski definition) is 2. The minimum atomic E-state index is -0.835. The van der Waals surface area contributed by atoms with Crippen LogP contribution in [0.3, 0.4) is 0 Å². The zero-order valence-corrected chi connectivity index (χ0v) is 11.8. The number of aliphatic carboxylic acids is 1. The molecular weight excluding hydrogens is 252 g/mol. The minimum absolute atomic E-state index is 0.0163. The van der Waals surface area contributed by atoms with Crippen molar-refractivity contribution in [2.45, 2.75) is 39.0 Å². The van der Waals surface area contributed by atoms with E-state index in [-0.39, 0.29) is 6.42 Å². The SMILES string of the molecule is Cc1cccc(-n2nc(CC(=O)O)cc2C2CC2)c1C. The summed E-state index contributed by atoms with van der Waals surface area (Å²) in [7, 11) is 0. The molecule has 1 aromatic carbocycles. The van der Waals surface area contributed by atoms with Crippen molar-refractivity contribution in [3.05, 3.63) is 46.8 Å². The Morgan fingerprint density at radius 1 is 1.40 bits per heavy atom. The molecule has 20 heavy (non-hydrogen) atoms. The molecule has 2 aromatic rings. The average molecular weight is 270 g/mol. The summed E-state index contributed by atoms with van der Waals surface area (Å²) in [6, 6.07) is 8.10. The van der Waals surface area contributed by atoms with Gasteiger partial charge in [-0.1, -0.05) is 12.1 Å². The normalized spacial score (nSPS) is 14.5. The molecule has 0 atom stereocenters. The molecule has 4 heteroatoms. The highest BCUT2D eigenvalue weighted by molar-refractivity contribution is 5.69. The van der Waals surface area contributed by atoms with Crippen LogP contribution in [-0.4, -0.2) is 20.9 Å². The number of carbonyl (C=O) groups is 1. The first-order valence-electron chi connectivity index (χ1n) is 6.93. The lowest BCUT2D eigenvalue weighted by Crippen LogP contribution is -2.06. The van der Waals surface area contributed by atoms with Gasteiger partial charge < -0.3 is 5.11 Å². The van der Waals surface area contributed by atoms with Gasteiger partial charge in [-0.15, -0.1) is 0 Å². The topological polar surface area (TPSA) is 55.1 Å². The third kappa shape index (κ3) is 2.33. The van der Waals surface area contributed by atoms with Gasteiger partial charge in [0, 0.05) is 11.6 Å². The molecule has 1 aliphatic carbocycles. The summed E-state index contributed by atoms with van der Waals surface area (Å²) in [5, 5.41) is 13.5. The van der Waals surface area contributed by atoms with Crippen molar-refractivity contribution in [3.8, 4) is 5.69 Å². The highest BCUT2D eigenvalue weighted by Gasteiger charge is 2.29. The van der Waals surface area contributed by atoms with Crippen LogP contribution < -0.4 is 0 Å². The molecule has 1 fully saturated rings. The first kappa shape index (κ1) is 12.9. The fraction of sp³-hybridized carbons (Fsp3) is 0.375. The van der Waals surface area contributed by atoms with Gasteiger partial charge in [0.1, 0.15) is 0 Å². The number of aryl methyl sites for hydroxylation is 1. The van der Waals surface area contributed by atoms with Crippen LogP contribution in [0, 0.1) is 13.8 Å². The summed E-state index contributed by atoms with van der Waals surface area (Å²) in [5.41, 5.74) is 5.26. The monoisotopic (exact) mass is 270 g/mol. The van der Waals surface area contributed by atoms with Gasteiger partial charge in [-0.25, -0.2) is 4.68 Å². The molecule has 1 heterocycles. The van der Waals surface area contributed by atoms with Crippen LogP contribution in [0.5, 0.6) is 0 Å². The number of hydrogen-bond donors (Lipinski definition) is 1. The summed E-state index contributed by atoms with van der Waals surface area (Å²) in [6.45, 7) is 4.16. The quantitative estimate of drug-likeness (QED) is 0.929. The predicted octanol–water partition coefficient (Wildman–Crippen LogP) is 2.99. The average Bonchev–Trinajstić information content (AvgIpc) is 3.15. The molecule has 0 radical (unpaired) electrons. The fourth-order valence-electron chi connectivity index (χ4n) is 2.52. The first-order chi connectivity index (χ1) is 9.56. The molecule has 0 amide bonds. The number of benzene rings is 1. The van der Waals surface area contributed by atoms with Crippen molar-refractivity contribution in [2.75, 3.05) is 0 Å². The summed E-state index contributed by atoms with van der Waals surface area (Å²) >= 11 is 0. The van der Waals surface area contributed by atoms with Gasteiger partial charge >= 0.3 is 5.97 Å². The Hall–Kier alpha value is -2.10. The predicted molar refractivity (Wildman–Crippen MR) is 76.4 cm³/mol. The van der Waals surface area contributed by atoms with Gasteiger partial charge in [0.05, 0.1) is 17.8 Å². The van der Waals surface area contributed by atoms with Crippen LogP contribution in [0.15, 0.2) is 24.3 Å². The second-order valence-electron chi connectivity index (χ2n) is 5.54. The number of carboxylic acids is 1. The Balaban J connectivity index is 2.09. The van der Waals surface area contributed by atoms with E-state index in [0.29, 0.717) is 11.6 Å². The maximum absolute atomic E-state index is 10.9. The fourth-order valence-corrected chi connectivity index (χ4v) is 2.52. The lowest BCUT2D eigenvalue weighted by atomic mass is 10.1. The van der Waals surface area contributed by atoms with E-state index in [4.69, 9.17) is 5.11 Å². The van der Waals surface area contributed by atoms with Gasteiger partial charge in [0.15, 0.2) is 0 Å². The van der Waals surface area contributed by atoms with E-state index in [1.807, 2.05) is 22.9 Å². The van der Waals surface area contributed by atoms with Crippen LogP contribution in [0.1, 0.15) is 41.3 Å². The molecule has 0 spiro atoms. The van der Waals surface area contributed by atoms with E-state index in [2.05, 4.69) is 25.0 Å². The summed E-state index contributed by atoms with van der Waals surface area (Å²) < 4.78 is 1.94. The smallest absolute Gasteiger partial charge is 0.309 e. The van der Waals surface area contributed by atoms with Crippen LogP contribution >= 0.6 is 0 Å². The van der Waals surface area contributed by atoms with E-state index >= 15 is 0 Å². The van der Waals surface area contributed by atoms with E-state index in [1.54, 1.807) is 0 Å². The van der Waals surface area contributed by atoms with Gasteiger partial charge in [-0.05, 0) is 49.9 Å². The summed E-state index contributed by atoms with van der Waals surface area (Å²) in [4.78, 5) is 10.9. The standard InChI is InChI=1S/C16H18N2O2/c1-10-4-3-5-14(11(10)2)18-15(12-6-7-12)8-13(17-18)9-16(19)20/h3-5,8,12H,6-7,9H2,1-2H3,(H,19,20). The van der Waals surface area contributed by atoms with E-state index in [1.165, 1.54) is 24.0 Å². The van der Waals surface area contributed by atoms with Crippen molar-refractivity contribution in [2.24, 2.45) is 0 Å². The molecule has 0 bridgehead atoms. The molecule has 3 rings (SSSR count). The Morgan fingerprint density at radius 2 is 2.15 bits per heavy atom. The second kappa shape index (κ2) is 4.78. The van der Waals surface area contributed by atoms with Gasteiger partial charge in [0.2, 0.25) is 0 Å². The molecular formula is C16H18N2O2. The minimum Gasteiger partial charge on any atom is -0.481 e. The van der Waals surface area contributed by atoms with E-state index < -0.39 is 5.97 Å². The van der Waals surface area contributed by atoms with Gasteiger partial charge in [-0.3, -0.25) is 4.79 Å². The number of aromatic nitrogens is 2. The van der Waals surface area contributed by atoms with Gasteiger partial charge in [0.25, 0.3) is 0 Å². The molecule has 0 aliphatic heterocycles. The van der Waals surface area contributed by atoms with Crippen LogP contribution in [0.2, 0.25) is 0 Å². The molecule has 1 aromatic heterocycles. The highest BCUT2D eigenvalue weighted by Crippen LogP contribution is 2.41. The Morgan fingerprint density at radius 3 is 2.80 bits per heavy atom. The third-order valence-corrected chi connectivity index (χ3v) is 3.92. The maximum atomic E-state index is 10.9. The molecule has 1 N–H and O–H groups in total. The van der Waals surface area contributed by atoms with Crippen LogP contribution in [0.4, 0.5) is 0 Å². The molecule has 0 saturated heterocycles. The molecule has 0 unspecified atom stereocenters. The second-order valence-corrected chi connectivity index (χ2v) is 5.54. The third-order valence-electron chi connectivity index (χ3n) is 3.92. The molecule has 1 saturated carbocycles. The Bertz CT molecular complexity index is 669. The molecule has 104 valence electrons. The van der Waals surface area contributed by atoms with Crippen molar-refractivity contribution in [3.63, 3.8) is 0 Å². The number of rotatable bonds is 4. The van der Waals surface area contributed by atoms with Crippen LogP contribution in [-0.2, 0) is 11.2 Å². The number of nitrogens with zero attached hydrogens (tertiary/aromatic N) is 2. The lowest BCUT2D eigenvalue weighted by Gasteiger charge is -2.11. The zero-order chi connectivity index (χ0) is 14.3. The highest BCUT2D eigenvalue weighted by atomic mass is 16.4. The van der Waals surface area contributed by atoms with E-state index in [0.717, 1.165) is 11.4 Å². The summed E-state index contributed by atoms with van der Waals surface area (Å²) in [5.74, 6) is -0.303. The van der Waals surface area contributed by atoms with Crippen molar-refractivity contribution in [1.29, 1.82) is 0 Å². The van der Waals surface area contributed by atoms with E-state index in [9.17, 15) is 4.79 Å². The van der Waals surface area contributed by atoms with Crippen molar-refractivity contribution >= 4 is 5.97 Å². The largest absolute Gasteiger partial charge is 0.481 e.